The predicted molar refractivity (Wildman–Crippen MR) is 398 cm³/mol. The van der Waals surface area contributed by atoms with Crippen LogP contribution < -0.4 is 9.80 Å². The average Bonchev–Trinajstić information content (AvgIpc) is 1.74. The molecule has 16 aromatic carbocycles. The van der Waals surface area contributed by atoms with Crippen molar-refractivity contribution in [3.63, 3.8) is 0 Å². The summed E-state index contributed by atoms with van der Waals surface area (Å²) in [5.41, 5.74) is 16.6. The minimum atomic E-state index is 0.615. The molecule has 0 amide bonds. The molecule has 0 spiro atoms. The van der Waals surface area contributed by atoms with Crippen LogP contribution in [-0.4, -0.2) is 9.97 Å². The highest BCUT2D eigenvalue weighted by atomic mass is 16.4. The van der Waals surface area contributed by atoms with E-state index in [0.29, 0.717) is 11.8 Å². The monoisotopic (exact) mass is 1240 g/mol. The van der Waals surface area contributed by atoms with Gasteiger partial charge < -0.3 is 31.9 Å². The zero-order valence-electron chi connectivity index (χ0n) is 51.9. The third-order valence-electron chi connectivity index (χ3n) is 19.1. The summed E-state index contributed by atoms with van der Waals surface area (Å²) in [6.07, 6.45) is 0. The minimum absolute atomic E-state index is 0.615. The Morgan fingerprint density at radius 1 is 0.206 bits per heavy atom. The quantitative estimate of drug-likeness (QED) is 0.138. The minimum Gasteiger partial charge on any atom is -0.456 e. The lowest BCUT2D eigenvalue weighted by molar-refractivity contribution is 0.623. The van der Waals surface area contributed by atoms with Gasteiger partial charge in [0.25, 0.3) is 0 Å². The Balaban J connectivity index is 0.000000132. The first-order chi connectivity index (χ1) is 48.0. The van der Waals surface area contributed by atoms with Gasteiger partial charge >= 0.3 is 0 Å². The Morgan fingerprint density at radius 3 is 0.948 bits per heavy atom. The molecule has 0 saturated heterocycles. The van der Waals surface area contributed by atoms with Crippen molar-refractivity contribution in [3.05, 3.63) is 315 Å². The molecule has 0 aliphatic carbocycles. The molecule has 5 heterocycles. The number of hydrogen-bond donors (Lipinski definition) is 0. The topological polar surface area (TPSA) is 98.0 Å². The lowest BCUT2D eigenvalue weighted by Crippen LogP contribution is -2.10. The maximum Gasteiger partial charge on any atom is 0.227 e. The maximum atomic E-state index is 6.56. The molecular weight excluding hydrogens is 1190 g/mol. The maximum absolute atomic E-state index is 6.56. The highest BCUT2D eigenvalue weighted by molar-refractivity contribution is 6.21. The highest BCUT2D eigenvalue weighted by Gasteiger charge is 2.23. The summed E-state index contributed by atoms with van der Waals surface area (Å²) in [6, 6.07) is 110. The summed E-state index contributed by atoms with van der Waals surface area (Å²) in [6.45, 7) is 0. The Labute approximate surface area is 553 Å². The normalized spacial score (nSPS) is 11.9. The van der Waals surface area contributed by atoms with Crippen molar-refractivity contribution in [2.24, 2.45) is 0 Å². The number of rotatable bonds is 8. The van der Waals surface area contributed by atoms with Gasteiger partial charge in [0.1, 0.15) is 44.5 Å². The van der Waals surface area contributed by atoms with Crippen molar-refractivity contribution in [2.45, 2.75) is 0 Å². The van der Waals surface area contributed by atoms with Crippen molar-refractivity contribution in [2.75, 3.05) is 9.80 Å². The van der Waals surface area contributed by atoms with Gasteiger partial charge in [0, 0.05) is 88.3 Å². The smallest absolute Gasteiger partial charge is 0.227 e. The van der Waals surface area contributed by atoms with E-state index in [-0.39, 0.29) is 0 Å². The number of nitrogens with zero attached hydrogens (tertiary/aromatic N) is 4. The number of hydrogen-bond acceptors (Lipinski definition) is 9. The lowest BCUT2D eigenvalue weighted by Gasteiger charge is -2.26. The molecule has 21 rings (SSSR count). The summed E-state index contributed by atoms with van der Waals surface area (Å²) < 4.78 is 31.8. The molecule has 0 fully saturated rings. The Kier molecular flexibility index (Phi) is 12.1. The molecule has 9 nitrogen and oxygen atoms in total. The Bertz CT molecular complexity index is 6620. The van der Waals surface area contributed by atoms with Crippen molar-refractivity contribution < 1.29 is 22.1 Å². The third kappa shape index (κ3) is 9.01. The summed E-state index contributed by atoms with van der Waals surface area (Å²) in [4.78, 5) is 14.4. The number of benzene rings is 16. The van der Waals surface area contributed by atoms with Gasteiger partial charge in [0.05, 0.1) is 0 Å². The van der Waals surface area contributed by atoms with Gasteiger partial charge in [-0.2, -0.15) is 0 Å². The van der Waals surface area contributed by atoms with E-state index in [4.69, 9.17) is 32.1 Å². The fraction of sp³-hybridized carbons (Fsp3) is 0. The van der Waals surface area contributed by atoms with Gasteiger partial charge in [-0.3, -0.25) is 0 Å². The molecule has 0 aliphatic heterocycles. The summed E-state index contributed by atoms with van der Waals surface area (Å²) in [7, 11) is 0. The molecule has 0 bridgehead atoms. The fourth-order valence-electron chi connectivity index (χ4n) is 14.5. The van der Waals surface area contributed by atoms with Crippen LogP contribution in [0.5, 0.6) is 0 Å². The molecule has 0 unspecified atom stereocenters. The van der Waals surface area contributed by atoms with E-state index >= 15 is 0 Å². The molecule has 0 radical (unpaired) electrons. The van der Waals surface area contributed by atoms with Gasteiger partial charge in [0.15, 0.2) is 11.2 Å². The lowest BCUT2D eigenvalue weighted by atomic mass is 10.00. The number of furan rings is 3. The summed E-state index contributed by atoms with van der Waals surface area (Å²) in [5.74, 6) is 1.24. The third-order valence-corrected chi connectivity index (χ3v) is 19.1. The van der Waals surface area contributed by atoms with E-state index < -0.39 is 0 Å². The first kappa shape index (κ1) is 54.3. The largest absolute Gasteiger partial charge is 0.456 e. The van der Waals surface area contributed by atoms with E-state index in [2.05, 4.69) is 222 Å². The van der Waals surface area contributed by atoms with Gasteiger partial charge in [-0.25, -0.2) is 9.97 Å². The summed E-state index contributed by atoms with van der Waals surface area (Å²) in [5, 5.41) is 17.7. The zero-order chi connectivity index (χ0) is 63.7. The van der Waals surface area contributed by atoms with Crippen LogP contribution in [0.4, 0.5) is 34.1 Å². The van der Waals surface area contributed by atoms with Crippen LogP contribution >= 0.6 is 0 Å². The van der Waals surface area contributed by atoms with Crippen molar-refractivity contribution in [1.29, 1.82) is 0 Å². The van der Waals surface area contributed by atoms with E-state index in [1.54, 1.807) is 0 Å². The number of anilines is 6. The van der Waals surface area contributed by atoms with E-state index in [1.165, 1.54) is 10.8 Å². The second-order valence-electron chi connectivity index (χ2n) is 24.8. The number of oxazole rings is 2. The summed E-state index contributed by atoms with van der Waals surface area (Å²) >= 11 is 0. The van der Waals surface area contributed by atoms with Gasteiger partial charge in [0.2, 0.25) is 11.8 Å². The van der Waals surface area contributed by atoms with Crippen LogP contribution in [0.1, 0.15) is 0 Å². The van der Waals surface area contributed by atoms with E-state index in [0.717, 1.165) is 176 Å². The SMILES string of the molecule is c1ccc(-c2nc3ccc4ccc5ccc(N(c6ccc7ccccc7c6)c6ccc7oc8ccccc8c7c6)cc5c4c3o2)cc1.c1ccc(-c2nc3ccc4ccc5ccc(N(c6ccc7oc8ccccc8c7c6)c6ccc7oc8ccccc8c7c6)cc5c4c3o2)cc1. The van der Waals surface area contributed by atoms with Gasteiger partial charge in [-0.15, -0.1) is 0 Å². The first-order valence-corrected chi connectivity index (χ1v) is 32.5. The molecule has 0 aliphatic rings. The number of fused-ring (bicyclic) bond motifs is 20. The molecule has 5 aromatic heterocycles. The molecular formula is C88H52N4O5. The van der Waals surface area contributed by atoms with Crippen LogP contribution in [0.2, 0.25) is 0 Å². The Hall–Kier alpha value is -13.2. The molecule has 9 heteroatoms. The standard InChI is InChI=1S/C45H26N2O3.C43H26N2O2/c1-2-8-29(9-3-1)45-46-38-21-17-28-15-14-27-16-18-30(24-35(27)43(28)44(38)50-45)47(31-19-22-41-36(25-31)33-10-4-6-12-39(33)48-41)32-20-23-42-37(26-32)34-11-5-7-13-40(34)49-42;1-2-9-30(10-3-1)43-44-38-22-18-29-15-14-28-17-20-33(25-36(28)41(29)42(38)47-43)45(32-19-16-27-8-4-5-11-31(27)24-32)34-21-23-40-37(26-34)35-12-6-7-13-39(35)46-40/h1-26H;1-26H. The van der Waals surface area contributed by atoms with Crippen LogP contribution in [0.15, 0.2) is 338 Å². The number of para-hydroxylation sites is 3. The van der Waals surface area contributed by atoms with E-state index in [9.17, 15) is 0 Å². The second kappa shape index (κ2) is 21.7. The van der Waals surface area contributed by atoms with Crippen LogP contribution in [0.3, 0.4) is 0 Å². The molecule has 0 N–H and O–H groups in total. The fourth-order valence-corrected chi connectivity index (χ4v) is 14.5. The zero-order valence-corrected chi connectivity index (χ0v) is 51.9. The Morgan fingerprint density at radius 2 is 0.515 bits per heavy atom. The molecule has 97 heavy (non-hydrogen) atoms. The second-order valence-corrected chi connectivity index (χ2v) is 24.8. The van der Waals surface area contributed by atoms with Crippen LogP contribution in [-0.2, 0) is 0 Å². The highest BCUT2D eigenvalue weighted by Crippen LogP contribution is 2.46. The molecule has 0 saturated carbocycles. The van der Waals surface area contributed by atoms with Crippen molar-refractivity contribution in [1.82, 2.24) is 9.97 Å². The number of aromatic nitrogens is 2. The van der Waals surface area contributed by atoms with Crippen LogP contribution in [0, 0.1) is 0 Å². The molecule has 21 aromatic rings. The van der Waals surface area contributed by atoms with E-state index in [1.807, 2.05) is 103 Å². The predicted octanol–water partition coefficient (Wildman–Crippen LogP) is 25.4. The average molecular weight is 1250 g/mol. The molecule has 454 valence electrons. The first-order valence-electron chi connectivity index (χ1n) is 32.5. The van der Waals surface area contributed by atoms with Gasteiger partial charge in [-0.1, -0.05) is 170 Å². The van der Waals surface area contributed by atoms with Crippen molar-refractivity contribution in [3.8, 4) is 22.9 Å². The molecule has 0 atom stereocenters. The van der Waals surface area contributed by atoms with Gasteiger partial charge in [-0.05, 0) is 189 Å². The van der Waals surface area contributed by atoms with Crippen LogP contribution in [0.25, 0.3) is 165 Å². The van der Waals surface area contributed by atoms with Crippen molar-refractivity contribution >= 4 is 176 Å².